The van der Waals surface area contributed by atoms with Crippen molar-refractivity contribution in [1.82, 2.24) is 0 Å². The molecule has 3 rings (SSSR count). The maximum atomic E-state index is 12.6. The van der Waals surface area contributed by atoms with Crippen molar-refractivity contribution in [3.63, 3.8) is 0 Å². The lowest BCUT2D eigenvalue weighted by Crippen LogP contribution is -2.37. The van der Waals surface area contributed by atoms with Crippen LogP contribution in [-0.4, -0.2) is 82.1 Å². The Balaban J connectivity index is 1.82. The largest absolute Gasteiger partial charge is 0.388 e. The lowest BCUT2D eigenvalue weighted by atomic mass is 9.96. The lowest BCUT2D eigenvalue weighted by molar-refractivity contribution is -0.0315. The van der Waals surface area contributed by atoms with Crippen molar-refractivity contribution in [1.29, 1.82) is 0 Å². The van der Waals surface area contributed by atoms with E-state index in [1.807, 2.05) is 0 Å². The van der Waals surface area contributed by atoms with Crippen LogP contribution < -0.4 is 0 Å². The number of aliphatic hydroxyl groups excluding tert-OH is 1. The van der Waals surface area contributed by atoms with Crippen molar-refractivity contribution in [3.05, 3.63) is 0 Å². The zero-order valence-corrected chi connectivity index (χ0v) is 16.1. The van der Waals surface area contributed by atoms with Crippen LogP contribution in [0, 0.1) is 0 Å². The molecule has 0 aliphatic carbocycles. The van der Waals surface area contributed by atoms with E-state index in [2.05, 4.69) is 0 Å². The van der Waals surface area contributed by atoms with Gasteiger partial charge in [-0.15, -0.1) is 0 Å². The highest BCUT2D eigenvalue weighted by Gasteiger charge is 2.47. The molecule has 0 aromatic heterocycles. The lowest BCUT2D eigenvalue weighted by Gasteiger charge is -2.29. The number of ether oxygens (including phenoxy) is 2. The molecule has 3 heterocycles. The third-order valence-electron chi connectivity index (χ3n) is 4.39. The SMILES string of the molecule is [B][C@H]1C[C@H]2OP(C)(=O)OC[C@H]3O[C@@H](C)C(O)[C@H]3OP(C)(=O)OC[C@H]2O1. The fraction of sp³-hybridized carbons (Fsp3) is 1.00. The summed E-state index contributed by atoms with van der Waals surface area (Å²) in [6, 6.07) is -0.605. The van der Waals surface area contributed by atoms with E-state index in [1.165, 1.54) is 13.3 Å². The minimum Gasteiger partial charge on any atom is -0.388 e. The standard InChI is InChI=1S/C13H23BO9P2/c1-7-12(15)13-10(20-7)6-19-24(2,16)22-8-4-11(14)21-9(8)5-18-25(3,17)23-13/h7-13,15H,4-6H2,1-3H3/t7-,8+,9+,10+,11+,12?,13-,24?,25?/m0/s1. The molecular formula is C13H23BO9P2. The average Bonchev–Trinajstić information content (AvgIpc) is 2.96. The van der Waals surface area contributed by atoms with Crippen molar-refractivity contribution in [2.24, 2.45) is 0 Å². The van der Waals surface area contributed by atoms with Crippen LogP contribution in [0.25, 0.3) is 0 Å². The zero-order valence-electron chi connectivity index (χ0n) is 14.3. The number of hydrogen-bond donors (Lipinski definition) is 1. The van der Waals surface area contributed by atoms with Crippen LogP contribution in [0.2, 0.25) is 0 Å². The Morgan fingerprint density at radius 2 is 1.56 bits per heavy atom. The summed E-state index contributed by atoms with van der Waals surface area (Å²) in [5, 5.41) is 10.2. The van der Waals surface area contributed by atoms with Crippen LogP contribution >= 0.6 is 15.2 Å². The Morgan fingerprint density at radius 3 is 2.24 bits per heavy atom. The monoisotopic (exact) mass is 396 g/mol. The number of aliphatic hydroxyl groups is 1. The molecule has 1 N–H and O–H groups in total. The minimum absolute atomic E-state index is 0.115. The van der Waals surface area contributed by atoms with Crippen LogP contribution in [0.1, 0.15) is 13.3 Å². The first-order valence-corrected chi connectivity index (χ1v) is 12.1. The first kappa shape index (κ1) is 20.0. The molecule has 0 aromatic rings. The second kappa shape index (κ2) is 7.34. The summed E-state index contributed by atoms with van der Waals surface area (Å²) in [4.78, 5) is 0. The van der Waals surface area contributed by atoms with Gasteiger partial charge in [-0.05, 0) is 13.3 Å². The third-order valence-corrected chi connectivity index (χ3v) is 6.91. The van der Waals surface area contributed by atoms with Gasteiger partial charge < -0.3 is 28.2 Å². The van der Waals surface area contributed by atoms with Gasteiger partial charge in [0.25, 0.3) is 0 Å². The van der Waals surface area contributed by atoms with Crippen LogP contribution in [0.5, 0.6) is 0 Å². The molecule has 142 valence electrons. The normalized spacial score (nSPS) is 55.0. The first-order valence-electron chi connectivity index (χ1n) is 8.12. The van der Waals surface area contributed by atoms with Gasteiger partial charge in [-0.1, -0.05) is 0 Å². The molecule has 0 spiro atoms. The molecule has 3 aliphatic heterocycles. The van der Waals surface area contributed by atoms with Crippen LogP contribution in [0.4, 0.5) is 0 Å². The van der Waals surface area contributed by atoms with Crippen molar-refractivity contribution >= 4 is 23.0 Å². The summed E-state index contributed by atoms with van der Waals surface area (Å²) in [6.45, 7) is 4.04. The molecule has 12 heteroatoms. The van der Waals surface area contributed by atoms with Gasteiger partial charge in [-0.3, -0.25) is 13.7 Å². The molecule has 0 amide bonds. The van der Waals surface area contributed by atoms with Gasteiger partial charge in [0, 0.05) is 19.3 Å². The van der Waals surface area contributed by atoms with Gasteiger partial charge in [-0.2, -0.15) is 0 Å². The molecule has 25 heavy (non-hydrogen) atoms. The van der Waals surface area contributed by atoms with E-state index in [9.17, 15) is 14.2 Å². The van der Waals surface area contributed by atoms with Gasteiger partial charge >= 0.3 is 15.2 Å². The molecule has 0 saturated carbocycles. The van der Waals surface area contributed by atoms with Gasteiger partial charge in [0.1, 0.15) is 32.3 Å². The minimum atomic E-state index is -3.51. The topological polar surface area (TPSA) is 110 Å². The van der Waals surface area contributed by atoms with Gasteiger partial charge in [-0.25, -0.2) is 0 Å². The van der Waals surface area contributed by atoms with Crippen LogP contribution in [0.3, 0.4) is 0 Å². The summed E-state index contributed by atoms with van der Waals surface area (Å²) in [5.74, 6) is 0. The Kier molecular flexibility index (Phi) is 5.87. The van der Waals surface area contributed by atoms with Crippen LogP contribution in [-0.2, 0) is 36.7 Å². The summed E-state index contributed by atoms with van der Waals surface area (Å²) in [5.41, 5.74) is 0. The molecule has 2 radical (unpaired) electrons. The van der Waals surface area contributed by atoms with Gasteiger partial charge in [0.2, 0.25) is 0 Å². The van der Waals surface area contributed by atoms with E-state index < -0.39 is 57.8 Å². The molecule has 0 bridgehead atoms. The van der Waals surface area contributed by atoms with E-state index in [-0.39, 0.29) is 13.2 Å². The Labute approximate surface area is 148 Å². The Morgan fingerprint density at radius 1 is 0.960 bits per heavy atom. The molecule has 3 fully saturated rings. The third kappa shape index (κ3) is 4.75. The van der Waals surface area contributed by atoms with Crippen LogP contribution in [0.15, 0.2) is 0 Å². The predicted octanol–water partition coefficient (Wildman–Crippen LogP) is 0.881. The zero-order chi connectivity index (χ0) is 18.4. The van der Waals surface area contributed by atoms with Crippen molar-refractivity contribution < 1.29 is 41.8 Å². The van der Waals surface area contributed by atoms with E-state index in [4.69, 9.17) is 35.4 Å². The molecule has 3 aliphatic rings. The summed E-state index contributed by atoms with van der Waals surface area (Å²) in [7, 11) is -1.19. The molecule has 3 unspecified atom stereocenters. The van der Waals surface area contributed by atoms with E-state index >= 15 is 0 Å². The number of rotatable bonds is 0. The van der Waals surface area contributed by atoms with E-state index in [1.54, 1.807) is 6.92 Å². The highest BCUT2D eigenvalue weighted by atomic mass is 31.2. The highest BCUT2D eigenvalue weighted by molar-refractivity contribution is 7.53. The number of hydrogen-bond acceptors (Lipinski definition) is 9. The summed E-state index contributed by atoms with van der Waals surface area (Å²) < 4.78 is 58.2. The van der Waals surface area contributed by atoms with Crippen molar-refractivity contribution in [3.8, 4) is 0 Å². The van der Waals surface area contributed by atoms with E-state index in [0.29, 0.717) is 6.42 Å². The average molecular weight is 396 g/mol. The fourth-order valence-electron chi connectivity index (χ4n) is 3.14. The summed E-state index contributed by atoms with van der Waals surface area (Å²) in [6.07, 6.45) is -4.22. The highest BCUT2D eigenvalue weighted by Crippen LogP contribution is 2.52. The van der Waals surface area contributed by atoms with Crippen molar-refractivity contribution in [2.75, 3.05) is 26.5 Å². The maximum absolute atomic E-state index is 12.6. The molecule has 9 nitrogen and oxygen atoms in total. The second-order valence-electron chi connectivity index (χ2n) is 6.67. The summed E-state index contributed by atoms with van der Waals surface area (Å²) >= 11 is 0. The second-order valence-corrected chi connectivity index (χ2v) is 10.7. The number of fused-ring (bicyclic) bond motifs is 2. The molecular weight excluding hydrogens is 373 g/mol. The van der Waals surface area contributed by atoms with Gasteiger partial charge in [0.05, 0.1) is 25.4 Å². The van der Waals surface area contributed by atoms with Crippen molar-refractivity contribution in [2.45, 2.75) is 56.0 Å². The molecule has 9 atom stereocenters. The quantitative estimate of drug-likeness (QED) is 0.471. The Hall–Kier alpha value is 0.245. The van der Waals surface area contributed by atoms with Gasteiger partial charge in [0.15, 0.2) is 0 Å². The smallest absolute Gasteiger partial charge is 0.328 e. The molecule has 0 aromatic carbocycles. The maximum Gasteiger partial charge on any atom is 0.328 e. The van der Waals surface area contributed by atoms with E-state index in [0.717, 1.165) is 0 Å². The fourth-order valence-corrected chi connectivity index (χ4v) is 5.51. The molecule has 3 saturated heterocycles. The predicted molar refractivity (Wildman–Crippen MR) is 88.1 cm³/mol. The first-order chi connectivity index (χ1) is 11.6. The Bertz CT molecular complexity index is 590.